The zero-order valence-corrected chi connectivity index (χ0v) is 12.1. The van der Waals surface area contributed by atoms with Gasteiger partial charge < -0.3 is 10.2 Å². The Morgan fingerprint density at radius 1 is 1.21 bits per heavy atom. The highest BCUT2D eigenvalue weighted by Gasteiger charge is 2.30. The van der Waals surface area contributed by atoms with E-state index in [1.54, 1.807) is 0 Å². The highest BCUT2D eigenvalue weighted by atomic mass is 15.3. The molecule has 0 aromatic heterocycles. The van der Waals surface area contributed by atoms with Crippen molar-refractivity contribution in [3.63, 3.8) is 0 Å². The molecule has 0 bridgehead atoms. The lowest BCUT2D eigenvalue weighted by molar-refractivity contribution is 0.271. The van der Waals surface area contributed by atoms with Gasteiger partial charge in [0.15, 0.2) is 0 Å². The molecule has 3 nitrogen and oxygen atoms in total. The first-order valence-corrected chi connectivity index (χ1v) is 7.55. The first-order chi connectivity index (χ1) is 9.25. The monoisotopic (exact) mass is 259 g/mol. The minimum atomic E-state index is 0.672. The van der Waals surface area contributed by atoms with Crippen LogP contribution >= 0.6 is 0 Å². The maximum Gasteiger partial charge on any atom is 0.0430 e. The molecular formula is C16H25N3. The fourth-order valence-electron chi connectivity index (χ4n) is 3.35. The fraction of sp³-hybridized carbons (Fsp3) is 0.625. The van der Waals surface area contributed by atoms with E-state index in [1.165, 1.54) is 30.8 Å². The molecule has 19 heavy (non-hydrogen) atoms. The quantitative estimate of drug-likeness (QED) is 0.877. The average Bonchev–Trinajstić information content (AvgIpc) is 2.80. The smallest absolute Gasteiger partial charge is 0.0430 e. The molecule has 2 aliphatic heterocycles. The van der Waals surface area contributed by atoms with Crippen LogP contribution in [-0.2, 0) is 6.54 Å². The number of nitrogens with zero attached hydrogens (tertiary/aromatic N) is 2. The fourth-order valence-corrected chi connectivity index (χ4v) is 3.35. The molecule has 104 valence electrons. The standard InChI is InChI=1S/C16H25N3/c1-13(2)18-9-7-15(12-18)19-10-8-17-11-14-5-3-4-6-16(14)19/h3-6,13,15,17H,7-12H2,1-2H3. The van der Waals surface area contributed by atoms with Gasteiger partial charge in [0, 0.05) is 50.5 Å². The lowest BCUT2D eigenvalue weighted by Gasteiger charge is -2.31. The molecule has 0 spiro atoms. The van der Waals surface area contributed by atoms with Gasteiger partial charge in [0.05, 0.1) is 0 Å². The molecule has 1 aromatic rings. The molecule has 1 atom stereocenters. The highest BCUT2D eigenvalue weighted by Crippen LogP contribution is 2.28. The number of benzene rings is 1. The summed E-state index contributed by atoms with van der Waals surface area (Å²) < 4.78 is 0. The number of hydrogen-bond donors (Lipinski definition) is 1. The van der Waals surface area contributed by atoms with E-state index in [2.05, 4.69) is 53.2 Å². The van der Waals surface area contributed by atoms with Crippen molar-refractivity contribution in [1.82, 2.24) is 10.2 Å². The number of likely N-dealkylation sites (tertiary alicyclic amines) is 1. The number of anilines is 1. The van der Waals surface area contributed by atoms with E-state index in [9.17, 15) is 0 Å². The van der Waals surface area contributed by atoms with Gasteiger partial charge in [-0.3, -0.25) is 4.90 Å². The summed E-state index contributed by atoms with van der Waals surface area (Å²) in [5, 5.41) is 3.54. The number of rotatable bonds is 2. The van der Waals surface area contributed by atoms with E-state index in [0.29, 0.717) is 12.1 Å². The van der Waals surface area contributed by atoms with E-state index in [-0.39, 0.29) is 0 Å². The second-order valence-corrected chi connectivity index (χ2v) is 6.03. The van der Waals surface area contributed by atoms with Crippen LogP contribution in [0.4, 0.5) is 5.69 Å². The van der Waals surface area contributed by atoms with Gasteiger partial charge in [0.25, 0.3) is 0 Å². The molecular weight excluding hydrogens is 234 g/mol. The lowest BCUT2D eigenvalue weighted by Crippen LogP contribution is -2.41. The van der Waals surface area contributed by atoms with Gasteiger partial charge in [-0.2, -0.15) is 0 Å². The van der Waals surface area contributed by atoms with Crippen LogP contribution < -0.4 is 10.2 Å². The average molecular weight is 259 g/mol. The third kappa shape index (κ3) is 2.63. The first kappa shape index (κ1) is 12.9. The maximum atomic E-state index is 3.54. The second-order valence-electron chi connectivity index (χ2n) is 6.03. The Hall–Kier alpha value is -1.06. The van der Waals surface area contributed by atoms with Crippen LogP contribution in [0.25, 0.3) is 0 Å². The van der Waals surface area contributed by atoms with E-state index < -0.39 is 0 Å². The van der Waals surface area contributed by atoms with Crippen molar-refractivity contribution in [3.05, 3.63) is 29.8 Å². The molecule has 3 rings (SSSR count). The van der Waals surface area contributed by atoms with Crippen LogP contribution in [0.3, 0.4) is 0 Å². The molecule has 1 N–H and O–H groups in total. The number of hydrogen-bond acceptors (Lipinski definition) is 3. The van der Waals surface area contributed by atoms with Gasteiger partial charge in [-0.05, 0) is 31.9 Å². The summed E-state index contributed by atoms with van der Waals surface area (Å²) >= 11 is 0. The van der Waals surface area contributed by atoms with Gasteiger partial charge in [-0.25, -0.2) is 0 Å². The Morgan fingerprint density at radius 2 is 2.05 bits per heavy atom. The molecule has 0 amide bonds. The summed E-state index contributed by atoms with van der Waals surface area (Å²) in [5.41, 5.74) is 2.89. The molecule has 1 saturated heterocycles. The van der Waals surface area contributed by atoms with Crippen LogP contribution in [0.2, 0.25) is 0 Å². The zero-order valence-electron chi connectivity index (χ0n) is 12.1. The van der Waals surface area contributed by atoms with Crippen LogP contribution in [0.5, 0.6) is 0 Å². The van der Waals surface area contributed by atoms with Gasteiger partial charge in [0.1, 0.15) is 0 Å². The van der Waals surface area contributed by atoms with Gasteiger partial charge in [-0.15, -0.1) is 0 Å². The Morgan fingerprint density at radius 3 is 2.84 bits per heavy atom. The highest BCUT2D eigenvalue weighted by molar-refractivity contribution is 5.55. The predicted molar refractivity (Wildman–Crippen MR) is 80.6 cm³/mol. The minimum absolute atomic E-state index is 0.672. The summed E-state index contributed by atoms with van der Waals surface area (Å²) in [4.78, 5) is 5.24. The third-order valence-electron chi connectivity index (χ3n) is 4.51. The minimum Gasteiger partial charge on any atom is -0.366 e. The van der Waals surface area contributed by atoms with Gasteiger partial charge >= 0.3 is 0 Å². The molecule has 1 unspecified atom stereocenters. The topological polar surface area (TPSA) is 18.5 Å². The number of para-hydroxylation sites is 1. The SMILES string of the molecule is CC(C)N1CCC(N2CCNCc3ccccc32)C1. The van der Waals surface area contributed by atoms with E-state index >= 15 is 0 Å². The lowest BCUT2D eigenvalue weighted by atomic mass is 10.1. The summed E-state index contributed by atoms with van der Waals surface area (Å²) in [5.74, 6) is 0. The normalized spacial score (nSPS) is 24.6. The Balaban J connectivity index is 1.81. The van der Waals surface area contributed by atoms with E-state index in [1.807, 2.05) is 0 Å². The largest absolute Gasteiger partial charge is 0.366 e. The van der Waals surface area contributed by atoms with Crippen LogP contribution in [0.1, 0.15) is 25.8 Å². The summed E-state index contributed by atoms with van der Waals surface area (Å²) in [6.07, 6.45) is 1.30. The molecule has 1 aromatic carbocycles. The summed E-state index contributed by atoms with van der Waals surface area (Å²) in [6, 6.07) is 10.2. The molecule has 0 saturated carbocycles. The van der Waals surface area contributed by atoms with Crippen molar-refractivity contribution in [2.24, 2.45) is 0 Å². The Kier molecular flexibility index (Phi) is 3.76. The van der Waals surface area contributed by atoms with Crippen LogP contribution in [0, 0.1) is 0 Å². The van der Waals surface area contributed by atoms with Crippen molar-refractivity contribution in [2.45, 2.75) is 38.9 Å². The molecule has 2 heterocycles. The second kappa shape index (κ2) is 5.51. The predicted octanol–water partition coefficient (Wildman–Crippen LogP) is 2.08. The van der Waals surface area contributed by atoms with Gasteiger partial charge in [-0.1, -0.05) is 18.2 Å². The van der Waals surface area contributed by atoms with Crippen molar-refractivity contribution >= 4 is 5.69 Å². The van der Waals surface area contributed by atoms with E-state index in [0.717, 1.165) is 19.6 Å². The van der Waals surface area contributed by atoms with Crippen molar-refractivity contribution in [3.8, 4) is 0 Å². The molecule has 0 aliphatic carbocycles. The van der Waals surface area contributed by atoms with Crippen molar-refractivity contribution in [1.29, 1.82) is 0 Å². The van der Waals surface area contributed by atoms with Crippen molar-refractivity contribution in [2.75, 3.05) is 31.1 Å². The van der Waals surface area contributed by atoms with Gasteiger partial charge in [0.2, 0.25) is 0 Å². The Labute approximate surface area is 116 Å². The Bertz CT molecular complexity index is 430. The molecule has 1 fully saturated rings. The first-order valence-electron chi connectivity index (χ1n) is 7.55. The van der Waals surface area contributed by atoms with Crippen LogP contribution in [-0.4, -0.2) is 43.2 Å². The number of fused-ring (bicyclic) bond motifs is 1. The van der Waals surface area contributed by atoms with Crippen LogP contribution in [0.15, 0.2) is 24.3 Å². The number of nitrogens with one attached hydrogen (secondary N) is 1. The molecule has 2 aliphatic rings. The van der Waals surface area contributed by atoms with Crippen molar-refractivity contribution < 1.29 is 0 Å². The molecule has 0 radical (unpaired) electrons. The third-order valence-corrected chi connectivity index (χ3v) is 4.51. The summed E-state index contributed by atoms with van der Waals surface area (Å²) in [7, 11) is 0. The maximum absolute atomic E-state index is 3.54. The zero-order chi connectivity index (χ0) is 13.2. The molecule has 3 heteroatoms. The summed E-state index contributed by atoms with van der Waals surface area (Å²) in [6.45, 7) is 10.3. The van der Waals surface area contributed by atoms with E-state index in [4.69, 9.17) is 0 Å².